The second-order valence-electron chi connectivity index (χ2n) is 5.26. The lowest BCUT2D eigenvalue weighted by Crippen LogP contribution is -1.97. The Morgan fingerprint density at radius 3 is 2.11 bits per heavy atom. The quantitative estimate of drug-likeness (QED) is 0.629. The molecule has 0 aliphatic rings. The molecule has 0 heterocycles. The molecule has 1 nitrogen and oxygen atoms in total. The molecule has 0 bridgehead atoms. The molecule has 0 spiro atoms. The third-order valence-corrected chi connectivity index (χ3v) is 3.77. The number of benzene rings is 1. The van der Waals surface area contributed by atoms with Crippen LogP contribution in [0.2, 0.25) is 0 Å². The van der Waals surface area contributed by atoms with Gasteiger partial charge in [-0.2, -0.15) is 0 Å². The molecule has 0 aliphatic carbocycles. The Kier molecular flexibility index (Phi) is 6.85. The Morgan fingerprint density at radius 1 is 0.889 bits per heavy atom. The van der Waals surface area contributed by atoms with Gasteiger partial charge in [0.1, 0.15) is 5.75 Å². The summed E-state index contributed by atoms with van der Waals surface area (Å²) in [6.07, 6.45) is 9.66. The van der Waals surface area contributed by atoms with Crippen LogP contribution in [0, 0.1) is 6.92 Å². The summed E-state index contributed by atoms with van der Waals surface area (Å²) in [5.41, 5.74) is 3.92. The lowest BCUT2D eigenvalue weighted by molar-refractivity contribution is 0.465. The van der Waals surface area contributed by atoms with E-state index in [1.54, 1.807) is 0 Å². The molecule has 1 aromatic rings. The summed E-state index contributed by atoms with van der Waals surface area (Å²) in [7, 11) is 0. The molecule has 0 unspecified atom stereocenters. The van der Waals surface area contributed by atoms with Gasteiger partial charge in [0, 0.05) is 0 Å². The first kappa shape index (κ1) is 15.1. The number of aryl methyl sites for hydroxylation is 1. The van der Waals surface area contributed by atoms with Gasteiger partial charge in [-0.3, -0.25) is 0 Å². The normalized spacial score (nSPS) is 10.8. The SMILES string of the molecule is CCCCCc1ccc(O)c(CCCCC)c1C. The average Bonchev–Trinajstić information content (AvgIpc) is 2.36. The molecule has 0 amide bonds. The van der Waals surface area contributed by atoms with Gasteiger partial charge in [0.25, 0.3) is 0 Å². The van der Waals surface area contributed by atoms with E-state index >= 15 is 0 Å². The van der Waals surface area contributed by atoms with E-state index in [2.05, 4.69) is 26.8 Å². The number of unbranched alkanes of at least 4 members (excludes halogenated alkanes) is 4. The van der Waals surface area contributed by atoms with Crippen LogP contribution in [0.1, 0.15) is 69.1 Å². The van der Waals surface area contributed by atoms with Crippen LogP contribution in [0.15, 0.2) is 12.1 Å². The van der Waals surface area contributed by atoms with Crippen molar-refractivity contribution in [2.45, 2.75) is 72.1 Å². The smallest absolute Gasteiger partial charge is 0.119 e. The summed E-state index contributed by atoms with van der Waals surface area (Å²) in [6, 6.07) is 3.99. The standard InChI is InChI=1S/C17H28O/c1-4-6-8-10-15-12-13-17(18)16(14(15)3)11-9-7-5-2/h12-13,18H,4-11H2,1-3H3. The Morgan fingerprint density at radius 2 is 1.50 bits per heavy atom. The molecule has 102 valence electrons. The molecule has 0 saturated heterocycles. The summed E-state index contributed by atoms with van der Waals surface area (Å²) in [6.45, 7) is 6.62. The third-order valence-electron chi connectivity index (χ3n) is 3.77. The van der Waals surface area contributed by atoms with Crippen LogP contribution < -0.4 is 0 Å². The van der Waals surface area contributed by atoms with Gasteiger partial charge in [-0.15, -0.1) is 0 Å². The Bertz CT molecular complexity index is 355. The Balaban J connectivity index is 2.72. The largest absolute Gasteiger partial charge is 0.508 e. The maximum Gasteiger partial charge on any atom is 0.119 e. The summed E-state index contributed by atoms with van der Waals surface area (Å²) in [5, 5.41) is 9.99. The monoisotopic (exact) mass is 248 g/mol. The van der Waals surface area contributed by atoms with Gasteiger partial charge in [0.2, 0.25) is 0 Å². The molecule has 0 radical (unpaired) electrons. The summed E-state index contributed by atoms with van der Waals surface area (Å²) >= 11 is 0. The first-order valence-corrected chi connectivity index (χ1v) is 7.51. The van der Waals surface area contributed by atoms with Crippen molar-refractivity contribution in [1.82, 2.24) is 0 Å². The fourth-order valence-electron chi connectivity index (χ4n) is 2.49. The number of hydrogen-bond donors (Lipinski definition) is 1. The van der Waals surface area contributed by atoms with Gasteiger partial charge < -0.3 is 5.11 Å². The van der Waals surface area contributed by atoms with Gasteiger partial charge in [0.15, 0.2) is 0 Å². The van der Waals surface area contributed by atoms with Crippen molar-refractivity contribution in [3.8, 4) is 5.75 Å². The first-order chi connectivity index (χ1) is 8.70. The zero-order valence-corrected chi connectivity index (χ0v) is 12.3. The van der Waals surface area contributed by atoms with E-state index in [0.29, 0.717) is 5.75 Å². The number of rotatable bonds is 8. The maximum atomic E-state index is 9.99. The van der Waals surface area contributed by atoms with E-state index in [-0.39, 0.29) is 0 Å². The van der Waals surface area contributed by atoms with Crippen molar-refractivity contribution >= 4 is 0 Å². The zero-order chi connectivity index (χ0) is 13.4. The van der Waals surface area contributed by atoms with Gasteiger partial charge in [-0.05, 0) is 55.4 Å². The fraction of sp³-hybridized carbons (Fsp3) is 0.647. The lowest BCUT2D eigenvalue weighted by Gasteiger charge is -2.13. The average molecular weight is 248 g/mol. The van der Waals surface area contributed by atoms with Crippen molar-refractivity contribution in [2.24, 2.45) is 0 Å². The molecular weight excluding hydrogens is 220 g/mol. The molecule has 1 aromatic carbocycles. The van der Waals surface area contributed by atoms with Crippen molar-refractivity contribution in [2.75, 3.05) is 0 Å². The molecule has 0 aromatic heterocycles. The van der Waals surface area contributed by atoms with Crippen molar-refractivity contribution in [1.29, 1.82) is 0 Å². The Labute approximate surface area is 112 Å². The van der Waals surface area contributed by atoms with Gasteiger partial charge in [-0.25, -0.2) is 0 Å². The van der Waals surface area contributed by atoms with Crippen LogP contribution in [0.5, 0.6) is 5.75 Å². The highest BCUT2D eigenvalue weighted by atomic mass is 16.3. The molecular formula is C17H28O. The van der Waals surface area contributed by atoms with Crippen molar-refractivity contribution in [3.05, 3.63) is 28.8 Å². The minimum atomic E-state index is 0.489. The van der Waals surface area contributed by atoms with Crippen molar-refractivity contribution in [3.63, 3.8) is 0 Å². The van der Waals surface area contributed by atoms with E-state index < -0.39 is 0 Å². The van der Waals surface area contributed by atoms with Gasteiger partial charge in [-0.1, -0.05) is 45.6 Å². The lowest BCUT2D eigenvalue weighted by atomic mass is 9.94. The molecule has 1 heteroatoms. The van der Waals surface area contributed by atoms with Crippen LogP contribution in [0.3, 0.4) is 0 Å². The van der Waals surface area contributed by atoms with Gasteiger partial charge in [0.05, 0.1) is 0 Å². The van der Waals surface area contributed by atoms with E-state index in [1.165, 1.54) is 55.2 Å². The Hall–Kier alpha value is -0.980. The molecule has 0 aliphatic heterocycles. The summed E-state index contributed by atoms with van der Waals surface area (Å²) in [4.78, 5) is 0. The van der Waals surface area contributed by atoms with Crippen LogP contribution in [-0.4, -0.2) is 5.11 Å². The minimum absolute atomic E-state index is 0.489. The highest BCUT2D eigenvalue weighted by molar-refractivity contribution is 5.43. The van der Waals surface area contributed by atoms with E-state index in [9.17, 15) is 5.11 Å². The molecule has 1 rings (SSSR count). The first-order valence-electron chi connectivity index (χ1n) is 7.51. The predicted molar refractivity (Wildman–Crippen MR) is 79.3 cm³/mol. The van der Waals surface area contributed by atoms with Crippen LogP contribution in [-0.2, 0) is 12.8 Å². The zero-order valence-electron chi connectivity index (χ0n) is 12.3. The topological polar surface area (TPSA) is 20.2 Å². The van der Waals surface area contributed by atoms with Gasteiger partial charge >= 0.3 is 0 Å². The van der Waals surface area contributed by atoms with E-state index in [4.69, 9.17) is 0 Å². The maximum absolute atomic E-state index is 9.99. The predicted octanol–water partition coefficient (Wildman–Crippen LogP) is 5.17. The summed E-state index contributed by atoms with van der Waals surface area (Å²) < 4.78 is 0. The molecule has 0 fully saturated rings. The second kappa shape index (κ2) is 8.18. The van der Waals surface area contributed by atoms with Crippen LogP contribution in [0.4, 0.5) is 0 Å². The molecule has 0 saturated carbocycles. The summed E-state index contributed by atoms with van der Waals surface area (Å²) in [5.74, 6) is 0.489. The number of phenolic OH excluding ortho intramolecular Hbond substituents is 1. The number of aromatic hydroxyl groups is 1. The molecule has 0 atom stereocenters. The number of phenols is 1. The van der Waals surface area contributed by atoms with Crippen LogP contribution >= 0.6 is 0 Å². The highest BCUT2D eigenvalue weighted by Gasteiger charge is 2.08. The molecule has 1 N–H and O–H groups in total. The highest BCUT2D eigenvalue weighted by Crippen LogP contribution is 2.27. The fourth-order valence-corrected chi connectivity index (χ4v) is 2.49. The molecule has 18 heavy (non-hydrogen) atoms. The van der Waals surface area contributed by atoms with Crippen LogP contribution in [0.25, 0.3) is 0 Å². The second-order valence-corrected chi connectivity index (χ2v) is 5.26. The van der Waals surface area contributed by atoms with E-state index in [0.717, 1.165) is 12.8 Å². The number of hydrogen-bond acceptors (Lipinski definition) is 1. The van der Waals surface area contributed by atoms with Crippen molar-refractivity contribution < 1.29 is 5.11 Å². The van der Waals surface area contributed by atoms with E-state index in [1.807, 2.05) is 6.07 Å². The third kappa shape index (κ3) is 4.36. The minimum Gasteiger partial charge on any atom is -0.508 e.